The van der Waals surface area contributed by atoms with Crippen LogP contribution in [-0.4, -0.2) is 45.3 Å². The smallest absolute Gasteiger partial charge is 0.259 e. The fourth-order valence-electron chi connectivity index (χ4n) is 7.12. The number of aromatic nitrogens is 2. The summed E-state index contributed by atoms with van der Waals surface area (Å²) in [4.78, 5) is 29.8. The lowest BCUT2D eigenvalue weighted by molar-refractivity contribution is -0.202. The Morgan fingerprint density at radius 3 is 2.28 bits per heavy atom. The van der Waals surface area contributed by atoms with Gasteiger partial charge in [-0.25, -0.2) is 17.6 Å². The second kappa shape index (κ2) is 10.4. The Bertz CT molecular complexity index is 2260. The number of amides is 2. The van der Waals surface area contributed by atoms with Crippen LogP contribution in [0.25, 0.3) is 43.6 Å². The number of aliphatic hydroxyl groups is 1. The van der Waals surface area contributed by atoms with Gasteiger partial charge in [0.1, 0.15) is 6.10 Å². The van der Waals surface area contributed by atoms with Crippen LogP contribution in [0.2, 0.25) is 0 Å². The van der Waals surface area contributed by atoms with E-state index in [0.717, 1.165) is 29.8 Å². The molecule has 0 spiro atoms. The maximum atomic E-state index is 15.1. The quantitative estimate of drug-likeness (QED) is 0.152. The Hall–Kier alpha value is -4.78. The Labute approximate surface area is 257 Å². The third-order valence-corrected chi connectivity index (χ3v) is 9.10. The van der Waals surface area contributed by atoms with Gasteiger partial charge in [-0.05, 0) is 30.0 Å². The number of halogens is 4. The second-order valence-corrected chi connectivity index (χ2v) is 11.9. The van der Waals surface area contributed by atoms with E-state index in [1.807, 2.05) is 37.3 Å². The SMILES string of the molecule is CC1CC(CO)OC(n2c3cc(F)c(F)cc3c3c4c(c5c6cc(F)c(F)cc6[nH]c5c32)C(=O)NC4=O)C1OCc1ccccc1. The second-order valence-electron chi connectivity index (χ2n) is 11.9. The molecule has 0 radical (unpaired) electrons. The van der Waals surface area contributed by atoms with E-state index < -0.39 is 53.5 Å². The number of carbonyl (C=O) groups is 2. The topological polar surface area (TPSA) is 106 Å². The van der Waals surface area contributed by atoms with Crippen molar-refractivity contribution in [3.05, 3.63) is 94.6 Å². The molecular weight excluding hydrogens is 606 g/mol. The van der Waals surface area contributed by atoms with Gasteiger partial charge in [0.2, 0.25) is 0 Å². The highest BCUT2D eigenvalue weighted by Crippen LogP contribution is 2.47. The van der Waals surface area contributed by atoms with Gasteiger partial charge in [-0.2, -0.15) is 0 Å². The van der Waals surface area contributed by atoms with Gasteiger partial charge in [0.05, 0.1) is 47.0 Å². The van der Waals surface area contributed by atoms with Crippen molar-refractivity contribution in [2.75, 3.05) is 6.61 Å². The number of aliphatic hydroxyl groups excluding tert-OH is 1. The summed E-state index contributed by atoms with van der Waals surface area (Å²) in [6, 6.07) is 13.2. The zero-order valence-corrected chi connectivity index (χ0v) is 24.2. The van der Waals surface area contributed by atoms with Gasteiger partial charge in [0.25, 0.3) is 11.8 Å². The molecule has 0 saturated carbocycles. The number of nitrogens with one attached hydrogen (secondary N) is 2. The number of H-pyrrole nitrogens is 1. The van der Waals surface area contributed by atoms with Crippen LogP contribution in [0.15, 0.2) is 54.6 Å². The molecule has 4 unspecified atom stereocenters. The zero-order chi connectivity index (χ0) is 32.0. The molecule has 4 atom stereocenters. The molecule has 3 N–H and O–H groups in total. The van der Waals surface area contributed by atoms with Crippen molar-refractivity contribution in [1.82, 2.24) is 14.9 Å². The van der Waals surface area contributed by atoms with Crippen molar-refractivity contribution in [2.24, 2.45) is 5.92 Å². The van der Waals surface area contributed by atoms with Crippen LogP contribution in [0.5, 0.6) is 0 Å². The first-order valence-corrected chi connectivity index (χ1v) is 14.7. The lowest BCUT2D eigenvalue weighted by Crippen LogP contribution is -2.44. The molecule has 4 aromatic carbocycles. The van der Waals surface area contributed by atoms with E-state index in [0.29, 0.717) is 6.42 Å². The largest absolute Gasteiger partial charge is 0.394 e. The summed E-state index contributed by atoms with van der Waals surface area (Å²) in [6.07, 6.45) is -1.99. The number of carbonyl (C=O) groups excluding carboxylic acids is 2. The van der Waals surface area contributed by atoms with Crippen molar-refractivity contribution >= 4 is 55.4 Å². The third kappa shape index (κ3) is 4.10. The summed E-state index contributed by atoms with van der Waals surface area (Å²) in [7, 11) is 0. The summed E-state index contributed by atoms with van der Waals surface area (Å²) >= 11 is 0. The van der Waals surface area contributed by atoms with Crippen LogP contribution in [0.4, 0.5) is 17.6 Å². The van der Waals surface area contributed by atoms with Crippen LogP contribution in [0, 0.1) is 29.2 Å². The normalized spacial score (nSPS) is 21.6. The number of nitrogens with zero attached hydrogens (tertiary/aromatic N) is 1. The Kier molecular flexibility index (Phi) is 6.47. The lowest BCUT2D eigenvalue weighted by Gasteiger charge is -2.41. The average molecular weight is 632 g/mol. The van der Waals surface area contributed by atoms with Crippen molar-refractivity contribution in [3.8, 4) is 0 Å². The van der Waals surface area contributed by atoms with E-state index in [2.05, 4.69) is 10.3 Å². The maximum absolute atomic E-state index is 15.1. The van der Waals surface area contributed by atoms with Gasteiger partial charge in [0.15, 0.2) is 29.5 Å². The molecule has 12 heteroatoms. The minimum atomic E-state index is -1.19. The summed E-state index contributed by atoms with van der Waals surface area (Å²) in [5.74, 6) is -6.42. The zero-order valence-electron chi connectivity index (χ0n) is 24.2. The van der Waals surface area contributed by atoms with Crippen LogP contribution in [-0.2, 0) is 16.1 Å². The van der Waals surface area contributed by atoms with Crippen LogP contribution >= 0.6 is 0 Å². The van der Waals surface area contributed by atoms with Gasteiger partial charge >= 0.3 is 0 Å². The van der Waals surface area contributed by atoms with Crippen molar-refractivity contribution in [3.63, 3.8) is 0 Å². The number of hydrogen-bond acceptors (Lipinski definition) is 5. The van der Waals surface area contributed by atoms with Crippen molar-refractivity contribution in [1.29, 1.82) is 0 Å². The molecule has 8 rings (SSSR count). The molecule has 46 heavy (non-hydrogen) atoms. The number of fused-ring (bicyclic) bond motifs is 10. The number of aromatic amines is 1. The van der Waals surface area contributed by atoms with Gasteiger partial charge in [-0.3, -0.25) is 14.9 Å². The van der Waals surface area contributed by atoms with Gasteiger partial charge in [-0.1, -0.05) is 37.3 Å². The third-order valence-electron chi connectivity index (χ3n) is 9.10. The van der Waals surface area contributed by atoms with E-state index in [1.165, 1.54) is 0 Å². The molecule has 0 aliphatic carbocycles. The minimum Gasteiger partial charge on any atom is -0.394 e. The van der Waals surface area contributed by atoms with E-state index in [1.54, 1.807) is 4.57 Å². The van der Waals surface area contributed by atoms with E-state index in [4.69, 9.17) is 9.47 Å². The fourth-order valence-corrected chi connectivity index (χ4v) is 7.12. The molecule has 1 fully saturated rings. The Balaban J connectivity index is 1.50. The minimum absolute atomic E-state index is 0.100. The molecule has 2 amide bonds. The molecule has 234 valence electrons. The first-order chi connectivity index (χ1) is 22.2. The first kappa shape index (κ1) is 28.7. The van der Waals surface area contributed by atoms with Gasteiger partial charge in [-0.15, -0.1) is 0 Å². The highest BCUT2D eigenvalue weighted by molar-refractivity contribution is 6.39. The molecule has 4 heterocycles. The molecule has 1 saturated heterocycles. The van der Waals surface area contributed by atoms with E-state index in [-0.39, 0.29) is 73.9 Å². The number of imide groups is 1. The molecule has 8 nitrogen and oxygen atoms in total. The number of rotatable bonds is 5. The summed E-state index contributed by atoms with van der Waals surface area (Å²) in [6.45, 7) is 1.78. The monoisotopic (exact) mass is 631 g/mol. The lowest BCUT2D eigenvalue weighted by atomic mass is 9.92. The van der Waals surface area contributed by atoms with Gasteiger partial charge in [0, 0.05) is 39.2 Å². The van der Waals surface area contributed by atoms with E-state index in [9.17, 15) is 27.9 Å². The predicted octanol–water partition coefficient (Wildman–Crippen LogP) is 6.37. The summed E-state index contributed by atoms with van der Waals surface area (Å²) in [5, 5.41) is 13.0. The van der Waals surface area contributed by atoms with E-state index >= 15 is 4.39 Å². The number of benzene rings is 4. The average Bonchev–Trinajstić information content (AvgIpc) is 3.65. The van der Waals surface area contributed by atoms with Crippen LogP contribution in [0.3, 0.4) is 0 Å². The van der Waals surface area contributed by atoms with Crippen molar-refractivity contribution < 1.29 is 41.7 Å². The standard InChI is InChI=1S/C34H25F4N3O5/c1-14-7-16(12-42)46-34(31(14)45-13-15-5-3-2-4-6-15)41-24-11-22(38)20(36)9-18(24)26-28-27(32(43)40-33(28)44)25-17-8-19(35)21(37)10-23(17)39-29(25)30(26)41/h2-6,8-11,14,16,31,34,39,42H,7,12-13H2,1H3,(H,40,43,44). The highest BCUT2D eigenvalue weighted by atomic mass is 19.2. The highest BCUT2D eigenvalue weighted by Gasteiger charge is 2.42. The molecule has 0 bridgehead atoms. The van der Waals surface area contributed by atoms with Crippen LogP contribution < -0.4 is 5.32 Å². The Morgan fingerprint density at radius 1 is 0.913 bits per heavy atom. The van der Waals surface area contributed by atoms with Crippen molar-refractivity contribution in [2.45, 2.75) is 38.4 Å². The molecule has 2 aliphatic rings. The fraction of sp³-hybridized carbons (Fsp3) is 0.235. The summed E-state index contributed by atoms with van der Waals surface area (Å²) in [5.41, 5.74) is 1.32. The molecule has 6 aromatic rings. The van der Waals surface area contributed by atoms with Gasteiger partial charge < -0.3 is 24.1 Å². The molecule has 2 aromatic heterocycles. The van der Waals surface area contributed by atoms with Crippen LogP contribution in [0.1, 0.15) is 45.9 Å². The molecular formula is C34H25F4N3O5. The molecule has 2 aliphatic heterocycles. The summed E-state index contributed by atoms with van der Waals surface area (Å²) < 4.78 is 73.6. The number of hydrogen-bond donors (Lipinski definition) is 3. The predicted molar refractivity (Wildman–Crippen MR) is 160 cm³/mol. The first-order valence-electron chi connectivity index (χ1n) is 14.7. The maximum Gasteiger partial charge on any atom is 0.259 e. The Morgan fingerprint density at radius 2 is 1.57 bits per heavy atom. The number of ether oxygens (including phenoxy) is 2.